The van der Waals surface area contributed by atoms with E-state index in [1.807, 2.05) is 0 Å². The van der Waals surface area contributed by atoms with E-state index < -0.39 is 50.2 Å². The number of hydrogen-bond donors (Lipinski definition) is 4. The lowest BCUT2D eigenvalue weighted by Crippen LogP contribution is -2.49. The first-order valence-corrected chi connectivity index (χ1v) is 16.3. The first-order valence-electron chi connectivity index (χ1n) is 14.7. The Balaban J connectivity index is 1.37. The Kier molecular flexibility index (Phi) is 9.63. The zero-order valence-corrected chi connectivity index (χ0v) is 26.1. The Hall–Kier alpha value is -3.40. The molecule has 3 aromatic rings. The summed E-state index contributed by atoms with van der Waals surface area (Å²) in [5, 5.41) is 24.8. The third kappa shape index (κ3) is 7.05. The van der Waals surface area contributed by atoms with Gasteiger partial charge in [-0.1, -0.05) is 24.6 Å². The van der Waals surface area contributed by atoms with Crippen molar-refractivity contribution >= 4 is 30.8 Å². The predicted octanol–water partition coefficient (Wildman–Crippen LogP) is 3.17. The van der Waals surface area contributed by atoms with Crippen LogP contribution in [-0.2, 0) is 23.4 Å². The van der Waals surface area contributed by atoms with Gasteiger partial charge >= 0.3 is 13.7 Å². The lowest BCUT2D eigenvalue weighted by molar-refractivity contribution is -0.202. The smallest absolute Gasteiger partial charge is 0.459 e. The number of aliphatic hydroxyl groups is 2. The van der Waals surface area contributed by atoms with Crippen LogP contribution in [0.3, 0.4) is 0 Å². The first-order chi connectivity index (χ1) is 21.3. The minimum absolute atomic E-state index is 0.0404. The highest BCUT2D eigenvalue weighted by atomic mass is 31.2. The van der Waals surface area contributed by atoms with Crippen molar-refractivity contribution in [2.45, 2.75) is 88.8 Å². The number of nitrogen functional groups attached to an aromatic ring is 1. The quantitative estimate of drug-likeness (QED) is 0.164. The van der Waals surface area contributed by atoms with E-state index in [1.54, 1.807) is 25.1 Å². The Bertz CT molecular complexity index is 1540. The summed E-state index contributed by atoms with van der Waals surface area (Å²) in [5.41, 5.74) is 3.74. The molecule has 1 saturated carbocycles. The van der Waals surface area contributed by atoms with Gasteiger partial charge in [0, 0.05) is 0 Å². The van der Waals surface area contributed by atoms with Crippen LogP contribution in [-0.4, -0.2) is 78.6 Å². The van der Waals surface area contributed by atoms with E-state index >= 15 is 4.39 Å². The molecule has 1 aliphatic heterocycles. The maximum atomic E-state index is 16.4. The number of rotatable bonds is 12. The van der Waals surface area contributed by atoms with Crippen molar-refractivity contribution in [1.82, 2.24) is 24.6 Å². The van der Waals surface area contributed by atoms with Gasteiger partial charge in [-0.2, -0.15) is 15.1 Å². The van der Waals surface area contributed by atoms with Gasteiger partial charge in [0.05, 0.1) is 12.9 Å². The van der Waals surface area contributed by atoms with E-state index in [0.29, 0.717) is 0 Å². The molecule has 17 heteroatoms. The number of anilines is 1. The number of nitrogens with two attached hydrogens (primary N) is 1. The molecule has 1 saturated heterocycles. The number of benzene rings is 1. The third-order valence-corrected chi connectivity index (χ3v) is 9.27. The molecule has 0 radical (unpaired) electrons. The van der Waals surface area contributed by atoms with Crippen molar-refractivity contribution in [2.24, 2.45) is 0 Å². The van der Waals surface area contributed by atoms with E-state index in [1.165, 1.54) is 30.0 Å². The number of nitrogens with one attached hydrogen (secondary N) is 1. The van der Waals surface area contributed by atoms with Crippen molar-refractivity contribution in [3.05, 3.63) is 36.7 Å². The molecule has 0 amide bonds. The van der Waals surface area contributed by atoms with Gasteiger partial charge in [0.25, 0.3) is 5.85 Å². The second-order valence-corrected chi connectivity index (χ2v) is 12.9. The number of esters is 1. The molecule has 2 aliphatic rings. The molecule has 0 spiro atoms. The number of hydrogen-bond acceptors (Lipinski definition) is 13. The number of aromatic nitrogens is 4. The van der Waals surface area contributed by atoms with Crippen molar-refractivity contribution < 1.29 is 47.2 Å². The minimum Gasteiger partial charge on any atom is -0.476 e. The van der Waals surface area contributed by atoms with E-state index in [0.717, 1.165) is 39.0 Å². The summed E-state index contributed by atoms with van der Waals surface area (Å²) in [6.45, 7) is 3.35. The molecular weight excluding hydrogens is 614 g/mol. The fourth-order valence-corrected chi connectivity index (χ4v) is 6.83. The van der Waals surface area contributed by atoms with Crippen LogP contribution in [0.15, 0.2) is 36.7 Å². The van der Waals surface area contributed by atoms with E-state index in [4.69, 9.17) is 29.0 Å². The second kappa shape index (κ2) is 13.1. The molecule has 5 N–H and O–H groups in total. The van der Waals surface area contributed by atoms with E-state index in [9.17, 15) is 19.6 Å². The van der Waals surface area contributed by atoms with Gasteiger partial charge in [-0.3, -0.25) is 13.9 Å². The summed E-state index contributed by atoms with van der Waals surface area (Å²) in [7, 11) is -4.54. The standard InChI is InChI=1S/C28H38FN6O9P/c1-4-40-22-20-21(32-26(30)33-22)35(16-31-20)25-27(3,38)24(37)28(29,43-25)15-41-45(39,44-19-13-9-6-10-14-19)34-17(2)23(36)42-18-11-7-5-8-12-18/h6,9-10,13-14,16-18,24-25,37-38H,4-5,7-8,11-12,15H2,1-3H3,(H,34,39)(H2,30,32,33)/t17?,24-,25?,27+,28+,45?/m0/s1. The molecule has 1 aromatic carbocycles. The normalized spacial score (nSPS) is 27.6. The topological polar surface area (TPSA) is 202 Å². The van der Waals surface area contributed by atoms with Crippen LogP contribution in [0, 0.1) is 0 Å². The van der Waals surface area contributed by atoms with Crippen LogP contribution < -0.4 is 20.1 Å². The number of ether oxygens (including phenoxy) is 3. The molecule has 2 aromatic heterocycles. The summed E-state index contributed by atoms with van der Waals surface area (Å²) in [6, 6.07) is 6.74. The zero-order valence-electron chi connectivity index (χ0n) is 25.2. The molecule has 246 valence electrons. The average molecular weight is 653 g/mol. The zero-order chi connectivity index (χ0) is 32.4. The van der Waals surface area contributed by atoms with Crippen LogP contribution in [0.5, 0.6) is 11.6 Å². The highest BCUT2D eigenvalue weighted by Gasteiger charge is 2.64. The molecule has 5 rings (SSSR count). The number of aliphatic hydroxyl groups excluding tert-OH is 1. The summed E-state index contributed by atoms with van der Waals surface area (Å²) in [6.07, 6.45) is 1.50. The lowest BCUT2D eigenvalue weighted by atomic mass is 9.95. The highest BCUT2D eigenvalue weighted by Crippen LogP contribution is 2.51. The number of carbonyl (C=O) groups is 1. The molecule has 6 atom stereocenters. The lowest BCUT2D eigenvalue weighted by Gasteiger charge is -2.29. The summed E-state index contributed by atoms with van der Waals surface area (Å²) in [4.78, 5) is 25.2. The maximum absolute atomic E-state index is 16.4. The number of para-hydroxylation sites is 1. The van der Waals surface area contributed by atoms with Gasteiger partial charge in [-0.15, -0.1) is 0 Å². The SMILES string of the molecule is CCOc1nc(N)nc2c1ncn2C1O[C@](F)(COP(=O)(NC(C)C(=O)OC2CCCCC2)Oc2ccccc2)[C@@H](O)[C@@]1(C)O. The molecule has 3 unspecified atom stereocenters. The van der Waals surface area contributed by atoms with Gasteiger partial charge in [-0.25, -0.2) is 13.9 Å². The number of nitrogens with zero attached hydrogens (tertiary/aromatic N) is 4. The Morgan fingerprint density at radius 2 is 1.98 bits per heavy atom. The molecule has 45 heavy (non-hydrogen) atoms. The van der Waals surface area contributed by atoms with Gasteiger partial charge in [0.1, 0.15) is 36.2 Å². The van der Waals surface area contributed by atoms with Crippen LogP contribution in [0.2, 0.25) is 0 Å². The Morgan fingerprint density at radius 3 is 2.67 bits per heavy atom. The second-order valence-electron chi connectivity index (χ2n) is 11.3. The van der Waals surface area contributed by atoms with E-state index in [2.05, 4.69) is 20.0 Å². The predicted molar refractivity (Wildman–Crippen MR) is 158 cm³/mol. The minimum atomic E-state index is -4.54. The number of alkyl halides is 1. The highest BCUT2D eigenvalue weighted by molar-refractivity contribution is 7.52. The molecule has 0 bridgehead atoms. The van der Waals surface area contributed by atoms with Crippen molar-refractivity contribution in [1.29, 1.82) is 0 Å². The molecule has 15 nitrogen and oxygen atoms in total. The van der Waals surface area contributed by atoms with Crippen molar-refractivity contribution in [3.8, 4) is 11.6 Å². The van der Waals surface area contributed by atoms with Crippen LogP contribution >= 0.6 is 7.75 Å². The van der Waals surface area contributed by atoms with Crippen molar-refractivity contribution in [2.75, 3.05) is 18.9 Å². The van der Waals surface area contributed by atoms with Gasteiger partial charge in [-0.05, 0) is 58.6 Å². The fourth-order valence-electron chi connectivity index (χ4n) is 5.33. The molecule has 3 heterocycles. The molecule has 2 fully saturated rings. The first kappa shape index (κ1) is 33.0. The fraction of sp³-hybridized carbons (Fsp3) is 0.571. The summed E-state index contributed by atoms with van der Waals surface area (Å²) < 4.78 is 59.3. The van der Waals surface area contributed by atoms with Crippen LogP contribution in [0.25, 0.3) is 11.2 Å². The summed E-state index contributed by atoms with van der Waals surface area (Å²) >= 11 is 0. The Morgan fingerprint density at radius 1 is 1.27 bits per heavy atom. The van der Waals surface area contributed by atoms with Gasteiger partial charge < -0.3 is 34.7 Å². The van der Waals surface area contributed by atoms with Gasteiger partial charge in [0.2, 0.25) is 11.8 Å². The molecule has 1 aliphatic carbocycles. The monoisotopic (exact) mass is 652 g/mol. The molecular formula is C28H38FN6O9P. The maximum Gasteiger partial charge on any atom is 0.459 e. The van der Waals surface area contributed by atoms with Gasteiger partial charge in [0.15, 0.2) is 17.4 Å². The van der Waals surface area contributed by atoms with Crippen LogP contribution in [0.1, 0.15) is 59.1 Å². The van der Waals surface area contributed by atoms with E-state index in [-0.39, 0.29) is 41.5 Å². The largest absolute Gasteiger partial charge is 0.476 e. The number of fused-ring (bicyclic) bond motifs is 1. The summed E-state index contributed by atoms with van der Waals surface area (Å²) in [5.74, 6) is -3.83. The number of carbonyl (C=O) groups excluding carboxylic acids is 1. The van der Waals surface area contributed by atoms with Crippen molar-refractivity contribution in [3.63, 3.8) is 0 Å². The average Bonchev–Trinajstić information content (AvgIpc) is 3.50. The number of imidazole rings is 1. The number of halogens is 1. The van der Waals surface area contributed by atoms with Crippen LogP contribution in [0.4, 0.5) is 10.3 Å². The Labute approximate surface area is 258 Å². The third-order valence-electron chi connectivity index (χ3n) is 7.65.